The quantitative estimate of drug-likeness (QED) is 0.571. The number of aromatic amines is 1. The molecule has 0 radical (unpaired) electrons. The van der Waals surface area contributed by atoms with Crippen LogP contribution in [0.1, 0.15) is 21.7 Å². The van der Waals surface area contributed by atoms with Crippen LogP contribution in [0.2, 0.25) is 0 Å². The fourth-order valence-electron chi connectivity index (χ4n) is 2.12. The standard InChI is InChI=1S/C16H14N4O/c1-11-9-15(19-18-11)16(21)20-17-10-13-7-4-6-12-5-2-3-8-14(12)13/h2-10H,1H3,(H,18,19)(H,20,21)/b17-10-. The molecule has 2 N–H and O–H groups in total. The van der Waals surface area contributed by atoms with Crippen molar-refractivity contribution in [3.63, 3.8) is 0 Å². The van der Waals surface area contributed by atoms with Gasteiger partial charge >= 0.3 is 0 Å². The molecule has 104 valence electrons. The Morgan fingerprint density at radius 1 is 1.24 bits per heavy atom. The number of hydrazone groups is 1. The van der Waals surface area contributed by atoms with Crippen molar-refractivity contribution in [3.05, 3.63) is 65.5 Å². The van der Waals surface area contributed by atoms with Crippen LogP contribution in [0.4, 0.5) is 0 Å². The lowest BCUT2D eigenvalue weighted by molar-refractivity contribution is 0.0950. The molecule has 0 aliphatic rings. The molecule has 5 nitrogen and oxygen atoms in total. The van der Waals surface area contributed by atoms with Crippen LogP contribution in [0.5, 0.6) is 0 Å². The van der Waals surface area contributed by atoms with Gasteiger partial charge in [0.05, 0.1) is 6.21 Å². The van der Waals surface area contributed by atoms with Crippen molar-refractivity contribution < 1.29 is 4.79 Å². The zero-order valence-corrected chi connectivity index (χ0v) is 11.5. The highest BCUT2D eigenvalue weighted by Gasteiger charge is 2.07. The predicted octanol–water partition coefficient (Wildman–Crippen LogP) is 2.64. The third-order valence-electron chi connectivity index (χ3n) is 3.13. The summed E-state index contributed by atoms with van der Waals surface area (Å²) >= 11 is 0. The molecule has 0 atom stereocenters. The van der Waals surface area contributed by atoms with E-state index in [4.69, 9.17) is 0 Å². The maximum absolute atomic E-state index is 11.8. The Morgan fingerprint density at radius 3 is 2.86 bits per heavy atom. The normalized spacial score (nSPS) is 11.1. The molecular weight excluding hydrogens is 264 g/mol. The van der Waals surface area contributed by atoms with E-state index >= 15 is 0 Å². The van der Waals surface area contributed by atoms with E-state index in [1.807, 2.05) is 49.4 Å². The number of H-pyrrole nitrogens is 1. The van der Waals surface area contributed by atoms with Gasteiger partial charge < -0.3 is 0 Å². The molecule has 1 amide bonds. The highest BCUT2D eigenvalue weighted by atomic mass is 16.2. The molecule has 0 saturated heterocycles. The van der Waals surface area contributed by atoms with Gasteiger partial charge in [0, 0.05) is 11.3 Å². The van der Waals surface area contributed by atoms with Gasteiger partial charge in [-0.2, -0.15) is 10.2 Å². The van der Waals surface area contributed by atoms with Crippen molar-refractivity contribution in [1.29, 1.82) is 0 Å². The second-order valence-corrected chi connectivity index (χ2v) is 4.70. The smallest absolute Gasteiger partial charge is 0.282 e. The fourth-order valence-corrected chi connectivity index (χ4v) is 2.12. The topological polar surface area (TPSA) is 70.1 Å². The van der Waals surface area contributed by atoms with E-state index in [2.05, 4.69) is 20.7 Å². The van der Waals surface area contributed by atoms with Crippen molar-refractivity contribution in [2.24, 2.45) is 5.10 Å². The molecular formula is C16H14N4O. The lowest BCUT2D eigenvalue weighted by atomic mass is 10.1. The molecule has 0 bridgehead atoms. The van der Waals surface area contributed by atoms with E-state index in [-0.39, 0.29) is 5.91 Å². The Labute approximate surface area is 121 Å². The van der Waals surface area contributed by atoms with E-state index in [1.165, 1.54) is 0 Å². The van der Waals surface area contributed by atoms with Crippen LogP contribution in [0.15, 0.2) is 53.6 Å². The Balaban J connectivity index is 1.78. The summed E-state index contributed by atoms with van der Waals surface area (Å²) in [6.45, 7) is 1.84. The molecule has 21 heavy (non-hydrogen) atoms. The molecule has 1 heterocycles. The van der Waals surface area contributed by atoms with E-state index in [0.29, 0.717) is 5.69 Å². The van der Waals surface area contributed by atoms with Gasteiger partial charge in [0.15, 0.2) is 5.69 Å². The highest BCUT2D eigenvalue weighted by Crippen LogP contribution is 2.16. The first-order valence-corrected chi connectivity index (χ1v) is 6.57. The predicted molar refractivity (Wildman–Crippen MR) is 82.3 cm³/mol. The number of carbonyl (C=O) groups is 1. The minimum atomic E-state index is -0.337. The summed E-state index contributed by atoms with van der Waals surface area (Å²) in [6.07, 6.45) is 1.64. The van der Waals surface area contributed by atoms with Gasteiger partial charge in [-0.1, -0.05) is 42.5 Å². The summed E-state index contributed by atoms with van der Waals surface area (Å²) in [6, 6.07) is 15.7. The summed E-state index contributed by atoms with van der Waals surface area (Å²) in [5.41, 5.74) is 4.58. The van der Waals surface area contributed by atoms with E-state index in [9.17, 15) is 4.79 Å². The number of nitrogens with one attached hydrogen (secondary N) is 2. The number of aryl methyl sites for hydroxylation is 1. The maximum atomic E-state index is 11.8. The number of fused-ring (bicyclic) bond motifs is 1. The van der Waals surface area contributed by atoms with Gasteiger partial charge in [-0.15, -0.1) is 0 Å². The number of amides is 1. The largest absolute Gasteiger partial charge is 0.291 e. The number of aromatic nitrogens is 2. The molecule has 0 unspecified atom stereocenters. The average molecular weight is 278 g/mol. The molecule has 0 fully saturated rings. The number of hydrogen-bond donors (Lipinski definition) is 2. The number of carbonyl (C=O) groups excluding carboxylic acids is 1. The third kappa shape index (κ3) is 2.81. The lowest BCUT2D eigenvalue weighted by Gasteiger charge is -2.01. The Bertz CT molecular complexity index is 815. The van der Waals surface area contributed by atoms with Gasteiger partial charge in [-0.05, 0) is 23.8 Å². The van der Waals surface area contributed by atoms with Crippen LogP contribution in [0, 0.1) is 6.92 Å². The molecule has 3 aromatic rings. The van der Waals surface area contributed by atoms with Crippen molar-refractivity contribution in [2.75, 3.05) is 0 Å². The number of nitrogens with zero attached hydrogens (tertiary/aromatic N) is 2. The summed E-state index contributed by atoms with van der Waals surface area (Å²) in [5.74, 6) is -0.337. The van der Waals surface area contributed by atoms with Crippen LogP contribution < -0.4 is 5.43 Å². The minimum Gasteiger partial charge on any atom is -0.282 e. The summed E-state index contributed by atoms with van der Waals surface area (Å²) in [7, 11) is 0. The summed E-state index contributed by atoms with van der Waals surface area (Å²) in [5, 5.41) is 12.8. The van der Waals surface area contributed by atoms with Crippen LogP contribution in [-0.4, -0.2) is 22.3 Å². The Hall–Kier alpha value is -2.95. The van der Waals surface area contributed by atoms with Crippen LogP contribution >= 0.6 is 0 Å². The van der Waals surface area contributed by atoms with Gasteiger partial charge in [-0.25, -0.2) is 5.43 Å². The van der Waals surface area contributed by atoms with Gasteiger partial charge in [0.1, 0.15) is 0 Å². The van der Waals surface area contributed by atoms with Crippen molar-refractivity contribution in [1.82, 2.24) is 15.6 Å². The van der Waals surface area contributed by atoms with Gasteiger partial charge in [-0.3, -0.25) is 9.89 Å². The van der Waals surface area contributed by atoms with Crippen molar-refractivity contribution in [3.8, 4) is 0 Å². The minimum absolute atomic E-state index is 0.322. The molecule has 0 aliphatic carbocycles. The second-order valence-electron chi connectivity index (χ2n) is 4.70. The zero-order chi connectivity index (χ0) is 14.7. The Kier molecular flexibility index (Phi) is 3.47. The first-order chi connectivity index (χ1) is 10.2. The average Bonchev–Trinajstić information content (AvgIpc) is 2.94. The lowest BCUT2D eigenvalue weighted by Crippen LogP contribution is -2.18. The maximum Gasteiger partial charge on any atom is 0.291 e. The van der Waals surface area contributed by atoms with Crippen molar-refractivity contribution >= 4 is 22.9 Å². The molecule has 0 spiro atoms. The SMILES string of the molecule is Cc1cc(C(=O)N/N=C\c2cccc3ccccc23)n[nH]1. The van der Waals surface area contributed by atoms with Crippen molar-refractivity contribution in [2.45, 2.75) is 6.92 Å². The molecule has 2 aromatic carbocycles. The van der Waals surface area contributed by atoms with Crippen LogP contribution in [0.25, 0.3) is 10.8 Å². The molecule has 3 rings (SSSR count). The molecule has 5 heteroatoms. The van der Waals surface area contributed by atoms with E-state index in [0.717, 1.165) is 22.0 Å². The number of hydrogen-bond acceptors (Lipinski definition) is 3. The number of rotatable bonds is 3. The monoisotopic (exact) mass is 278 g/mol. The molecule has 1 aromatic heterocycles. The second kappa shape index (κ2) is 5.58. The van der Waals surface area contributed by atoms with E-state index in [1.54, 1.807) is 12.3 Å². The van der Waals surface area contributed by atoms with Gasteiger partial charge in [0.2, 0.25) is 0 Å². The van der Waals surface area contributed by atoms with Gasteiger partial charge in [0.25, 0.3) is 5.91 Å². The first-order valence-electron chi connectivity index (χ1n) is 6.57. The summed E-state index contributed by atoms with van der Waals surface area (Å²) < 4.78 is 0. The molecule has 0 aliphatic heterocycles. The zero-order valence-electron chi connectivity index (χ0n) is 11.5. The Morgan fingerprint density at radius 2 is 2.05 bits per heavy atom. The highest BCUT2D eigenvalue weighted by molar-refractivity contribution is 6.00. The number of benzene rings is 2. The summed E-state index contributed by atoms with van der Waals surface area (Å²) in [4.78, 5) is 11.8. The van der Waals surface area contributed by atoms with E-state index < -0.39 is 0 Å². The first kappa shape index (κ1) is 13.1. The fraction of sp³-hybridized carbons (Fsp3) is 0.0625. The molecule has 0 saturated carbocycles. The third-order valence-corrected chi connectivity index (χ3v) is 3.13. The van der Waals surface area contributed by atoms with Crippen LogP contribution in [0.3, 0.4) is 0 Å². The van der Waals surface area contributed by atoms with Crippen LogP contribution in [-0.2, 0) is 0 Å².